The first-order valence-electron chi connectivity index (χ1n) is 39.8. The Hall–Kier alpha value is -3.97. The van der Waals surface area contributed by atoms with Gasteiger partial charge in [-0.2, -0.15) is 12.6 Å². The van der Waals surface area contributed by atoms with Gasteiger partial charge in [-0.3, -0.25) is 24.4 Å². The van der Waals surface area contributed by atoms with Crippen LogP contribution in [0.15, 0.2) is 62.7 Å². The number of hydrogen-bond donors (Lipinski definition) is 8. The molecule has 19 nitrogen and oxygen atoms in total. The van der Waals surface area contributed by atoms with Crippen molar-refractivity contribution in [2.24, 2.45) is 114 Å². The number of carbonyl (C=O) groups is 6. The van der Waals surface area contributed by atoms with Gasteiger partial charge in [0.2, 0.25) is 0 Å². The summed E-state index contributed by atoms with van der Waals surface area (Å²) < 4.78 is 11.8. The number of alkyl carbamates (subject to hydrolysis) is 2. The molecule has 0 aliphatic heterocycles. The molecule has 0 spiro atoms. The van der Waals surface area contributed by atoms with Crippen molar-refractivity contribution in [2.75, 3.05) is 37.7 Å². The number of pyridine rings is 1. The number of aliphatic carboxylic acids is 4. The third-order valence-corrected chi connectivity index (χ3v) is 31.6. The van der Waals surface area contributed by atoms with Gasteiger partial charge in [-0.15, -0.1) is 0 Å². The lowest BCUT2D eigenvalue weighted by Gasteiger charge is -2.58. The number of rotatable bonds is 36. The number of ether oxygens (including phenoxy) is 2. The van der Waals surface area contributed by atoms with E-state index < -0.39 is 53.3 Å². The Kier molecular flexibility index (Phi) is 37.5. The van der Waals surface area contributed by atoms with Gasteiger partial charge in [0.05, 0.1) is 31.2 Å². The number of carbonyl (C=O) groups excluding carboxylic acids is 3. The Morgan fingerprint density at radius 1 is 0.623 bits per heavy atom. The van der Waals surface area contributed by atoms with Crippen molar-refractivity contribution in [3.63, 3.8) is 0 Å². The standard InChI is InChI=1S/C39H62N4O2S2.C38H63N3O6S2.C4H6O4S.ClH/c1-27(2)10-8-11-28(3)32-16-17-33-31-15-14-29-26-30(18-20-38(29,4)34(31)19-21-39(32,33)5)45-37(44)43-24-23-41-35(40)12-9-25-46-47-36-13-6-7-22-42-36;1-24(2)8-6-9-25(3)29-13-14-30-28-12-11-26-22-27(15-17-37(26,4)31(28)16-18-38(29,30)5)47-36(46)41-20-19-40-33(39)10-7-21-48-49-32(35(44)45)23-34(42)43;5-3(6)1-2(9)4(7)8;/h6-7,13-14,22,27-28,30-34H,8-12,15-21,23-26H2,1-5H3,(H2,40,41)(H,43,44);11,24-25,27-32H,6-10,12-23H2,1-5H3,(H2,39,40)(H,41,46)(H,42,43)(H,44,45);2,9H,1H2,(H,5,6)(H,7,8);1H/p-2. The summed E-state index contributed by atoms with van der Waals surface area (Å²) in [6, 6.07) is 5.95. The molecule has 0 aromatic carbocycles. The summed E-state index contributed by atoms with van der Waals surface area (Å²) in [4.78, 5) is 79.9. The van der Waals surface area contributed by atoms with E-state index in [1.165, 1.54) is 119 Å². The van der Waals surface area contributed by atoms with E-state index in [0.29, 0.717) is 67.3 Å². The van der Waals surface area contributed by atoms with Crippen molar-refractivity contribution >= 4 is 104 Å². The van der Waals surface area contributed by atoms with Gasteiger partial charge in [-0.25, -0.2) is 14.6 Å². The lowest BCUT2D eigenvalue weighted by molar-refractivity contribution is -0.305. The fourth-order valence-corrected chi connectivity index (χ4v) is 25.1. The molecule has 106 heavy (non-hydrogen) atoms. The average molecular weight is 1590 g/mol. The number of aromatic nitrogens is 1. The van der Waals surface area contributed by atoms with E-state index >= 15 is 0 Å². The van der Waals surface area contributed by atoms with Crippen molar-refractivity contribution in [3.05, 3.63) is 47.7 Å². The largest absolute Gasteiger partial charge is 1.00 e. The molecule has 2 amide bonds. The maximum atomic E-state index is 12.7. The van der Waals surface area contributed by atoms with Crippen molar-refractivity contribution < 1.29 is 71.1 Å². The Labute approximate surface area is 662 Å². The van der Waals surface area contributed by atoms with Crippen LogP contribution in [0.3, 0.4) is 0 Å². The van der Waals surface area contributed by atoms with Gasteiger partial charge in [0.1, 0.15) is 27.7 Å². The van der Waals surface area contributed by atoms with Crippen molar-refractivity contribution in [2.45, 2.75) is 277 Å². The molecular formula is C81H130ClN7O12S5-2. The number of allylic oxidation sites excluding steroid dienone is 2. The number of fused-ring (bicyclic) bond motifs is 10. The number of nitrogens with one attached hydrogen (secondary N) is 2. The average Bonchev–Trinajstić information content (AvgIpc) is 1.40. The highest BCUT2D eigenvalue weighted by atomic mass is 35.5. The number of halogens is 1. The van der Waals surface area contributed by atoms with Crippen LogP contribution in [-0.4, -0.2) is 128 Å². The van der Waals surface area contributed by atoms with Crippen molar-refractivity contribution in [3.8, 4) is 0 Å². The number of carboxylic acid groups (broad SMARTS) is 4. The number of aliphatic imine (C=N–C) groups is 2. The molecule has 0 saturated heterocycles. The van der Waals surface area contributed by atoms with Crippen LogP contribution in [0.25, 0.3) is 0 Å². The Morgan fingerprint density at radius 3 is 1.50 bits per heavy atom. The van der Waals surface area contributed by atoms with Crippen LogP contribution >= 0.6 is 55.8 Å². The van der Waals surface area contributed by atoms with E-state index in [9.17, 15) is 33.9 Å². The summed E-state index contributed by atoms with van der Waals surface area (Å²) in [6.07, 6.45) is 35.8. The topological polar surface area (TPSA) is 318 Å². The van der Waals surface area contributed by atoms with Crippen LogP contribution in [0, 0.1) is 92.7 Å². The quantitative estimate of drug-likeness (QED) is 0.00773. The number of nitrogens with two attached hydrogens (primary N) is 2. The fourth-order valence-electron chi connectivity index (χ4n) is 20.6. The minimum atomic E-state index is -1.38. The van der Waals surface area contributed by atoms with E-state index in [1.54, 1.807) is 27.2 Å². The van der Waals surface area contributed by atoms with Gasteiger partial charge in [0, 0.05) is 68.9 Å². The Morgan fingerprint density at radius 2 is 1.09 bits per heavy atom. The number of amidine groups is 2. The molecular weight excluding hydrogens is 1460 g/mol. The molecule has 8 aliphatic rings. The molecule has 18 atom stereocenters. The second-order valence-corrected chi connectivity index (χ2v) is 39.5. The van der Waals surface area contributed by atoms with Crippen molar-refractivity contribution in [1.82, 2.24) is 15.6 Å². The number of carboxylic acids is 4. The first kappa shape index (κ1) is 90.9. The van der Waals surface area contributed by atoms with Gasteiger partial charge in [0.25, 0.3) is 0 Å². The maximum Gasteiger partial charge on any atom is 0.407 e. The molecule has 1 heterocycles. The van der Waals surface area contributed by atoms with Gasteiger partial charge in [-0.05, 0) is 218 Å². The van der Waals surface area contributed by atoms with E-state index in [0.717, 1.165) is 144 Å². The summed E-state index contributed by atoms with van der Waals surface area (Å²) in [6.45, 7) is 26.5. The molecule has 0 radical (unpaired) electrons. The number of amides is 2. The third kappa shape index (κ3) is 26.1. The molecule has 6 saturated carbocycles. The molecule has 0 bridgehead atoms. The lowest BCUT2D eigenvalue weighted by Crippen LogP contribution is -3.00. The molecule has 9 rings (SSSR count). The van der Waals surface area contributed by atoms with Crippen LogP contribution in [0.4, 0.5) is 9.59 Å². The number of hydrogen-bond acceptors (Lipinski definition) is 17. The zero-order valence-corrected chi connectivity index (χ0v) is 70.1. The highest BCUT2D eigenvalue weighted by molar-refractivity contribution is 8.77. The van der Waals surface area contributed by atoms with Crippen LogP contribution < -0.4 is 39.6 Å². The van der Waals surface area contributed by atoms with E-state index in [1.807, 2.05) is 24.4 Å². The monoisotopic (exact) mass is 1590 g/mol. The third-order valence-electron chi connectivity index (χ3n) is 26.0. The Bertz CT molecular complexity index is 3120. The predicted molar refractivity (Wildman–Crippen MR) is 430 cm³/mol. The van der Waals surface area contributed by atoms with Crippen LogP contribution in [0.5, 0.6) is 0 Å². The molecule has 6 fully saturated rings. The summed E-state index contributed by atoms with van der Waals surface area (Å²) in [5, 5.41) is 40.5. The van der Waals surface area contributed by atoms with Gasteiger partial charge < -0.3 is 69.2 Å². The van der Waals surface area contributed by atoms with Crippen molar-refractivity contribution in [1.29, 1.82) is 0 Å². The fraction of sp³-hybridized carbons (Fsp3) is 0.790. The molecule has 1 aromatic rings. The first-order chi connectivity index (χ1) is 49.9. The smallest absolute Gasteiger partial charge is 0.407 e. The SMILES string of the molecule is CC(C)CCCC(C)C1CCC2C3CC=C4CC(OC(=O)NCCN=C(N)CCCSSC(CC(=O)[O-])C(=O)O)CCC4(C)C3CCC12C.CC(C)CCCC(C)C1CCC2C3CC=C4CC(OC(=O)NCCN=C(N)CCCSSc5ccccn5)CCC4(C)C3CCC12C.O=C(O)CC(S)C(=O)O.[Cl-]. The minimum absolute atomic E-state index is 0. The molecule has 25 heteroatoms. The van der Waals surface area contributed by atoms with Crippen LogP contribution in [-0.2, 0) is 28.7 Å². The molecule has 1 aromatic heterocycles. The van der Waals surface area contributed by atoms with Crippen LogP contribution in [0.2, 0.25) is 0 Å². The molecule has 600 valence electrons. The molecule has 9 N–H and O–H groups in total. The number of thiol groups is 1. The minimum Gasteiger partial charge on any atom is -1.00 e. The zero-order chi connectivity index (χ0) is 76.7. The first-order valence-corrected chi connectivity index (χ1v) is 45.0. The Balaban J connectivity index is 0.000000295. The normalized spacial score (nSPS) is 30.5. The van der Waals surface area contributed by atoms with E-state index in [4.69, 9.17) is 36.3 Å². The summed E-state index contributed by atoms with van der Waals surface area (Å²) in [7, 11) is 5.78. The van der Waals surface area contributed by atoms with Crippen LogP contribution in [0.1, 0.15) is 249 Å². The predicted octanol–water partition coefficient (Wildman–Crippen LogP) is 14.2. The highest BCUT2D eigenvalue weighted by Crippen LogP contribution is 2.69. The molecule has 18 unspecified atom stereocenters. The van der Waals surface area contributed by atoms with Gasteiger partial charge in [-0.1, -0.05) is 170 Å². The molecule has 8 aliphatic carbocycles. The van der Waals surface area contributed by atoms with E-state index in [2.05, 4.69) is 120 Å². The zero-order valence-electron chi connectivity index (χ0n) is 65.2. The lowest BCUT2D eigenvalue weighted by atomic mass is 9.47. The van der Waals surface area contributed by atoms with Gasteiger partial charge in [0.15, 0.2) is 0 Å². The summed E-state index contributed by atoms with van der Waals surface area (Å²) in [5.74, 6) is 7.72. The second-order valence-electron chi connectivity index (χ2n) is 33.8. The van der Waals surface area contributed by atoms with E-state index in [-0.39, 0.29) is 41.5 Å². The summed E-state index contributed by atoms with van der Waals surface area (Å²) in [5.41, 5.74) is 16.7. The second kappa shape index (κ2) is 43.7. The van der Waals surface area contributed by atoms with Gasteiger partial charge >= 0.3 is 30.1 Å². The number of nitrogens with zero attached hydrogens (tertiary/aromatic N) is 3. The maximum absolute atomic E-state index is 12.7. The summed E-state index contributed by atoms with van der Waals surface area (Å²) >= 11 is 3.48. The highest BCUT2D eigenvalue weighted by Gasteiger charge is 2.61.